The van der Waals surface area contributed by atoms with Crippen molar-refractivity contribution in [2.75, 3.05) is 13.7 Å². The second kappa shape index (κ2) is 5.49. The SMILES string of the molecule is CCCOC(=O)c1ccnc2ccc(OC)cc12. The molecule has 0 amide bonds. The molecule has 0 spiro atoms. The van der Waals surface area contributed by atoms with Gasteiger partial charge in [-0.2, -0.15) is 0 Å². The van der Waals surface area contributed by atoms with Gasteiger partial charge in [-0.25, -0.2) is 4.79 Å². The van der Waals surface area contributed by atoms with Crippen molar-refractivity contribution in [2.24, 2.45) is 0 Å². The van der Waals surface area contributed by atoms with Gasteiger partial charge in [-0.3, -0.25) is 4.98 Å². The standard InChI is InChI=1S/C14H15NO3/c1-3-8-18-14(16)11-6-7-15-13-5-4-10(17-2)9-12(11)13/h4-7,9H,3,8H2,1-2H3. The van der Waals surface area contributed by atoms with Gasteiger partial charge in [0.05, 0.1) is 24.8 Å². The summed E-state index contributed by atoms with van der Waals surface area (Å²) in [7, 11) is 1.59. The smallest absolute Gasteiger partial charge is 0.338 e. The zero-order valence-corrected chi connectivity index (χ0v) is 10.5. The van der Waals surface area contributed by atoms with Crippen molar-refractivity contribution in [3.63, 3.8) is 0 Å². The Morgan fingerprint density at radius 3 is 2.89 bits per heavy atom. The minimum absolute atomic E-state index is 0.322. The van der Waals surface area contributed by atoms with Gasteiger partial charge in [0.25, 0.3) is 0 Å². The Bertz CT molecular complexity index is 566. The van der Waals surface area contributed by atoms with Gasteiger partial charge in [0, 0.05) is 11.6 Å². The first-order valence-corrected chi connectivity index (χ1v) is 5.86. The molecule has 2 aromatic rings. The highest BCUT2D eigenvalue weighted by Gasteiger charge is 2.12. The summed E-state index contributed by atoms with van der Waals surface area (Å²) in [5.74, 6) is 0.373. The summed E-state index contributed by atoms with van der Waals surface area (Å²) in [4.78, 5) is 16.1. The summed E-state index contributed by atoms with van der Waals surface area (Å²) in [6, 6.07) is 7.10. The maximum absolute atomic E-state index is 11.9. The number of pyridine rings is 1. The molecule has 1 heterocycles. The number of nitrogens with zero attached hydrogens (tertiary/aromatic N) is 1. The predicted octanol–water partition coefficient (Wildman–Crippen LogP) is 2.81. The highest BCUT2D eigenvalue weighted by molar-refractivity contribution is 6.03. The van der Waals surface area contributed by atoms with Gasteiger partial charge in [0.1, 0.15) is 5.75 Å². The van der Waals surface area contributed by atoms with E-state index >= 15 is 0 Å². The fraction of sp³-hybridized carbons (Fsp3) is 0.286. The van der Waals surface area contributed by atoms with Crippen LogP contribution in [-0.4, -0.2) is 24.7 Å². The Kier molecular flexibility index (Phi) is 3.77. The molecule has 0 aliphatic heterocycles. The Morgan fingerprint density at radius 1 is 1.33 bits per heavy atom. The third-order valence-corrected chi connectivity index (χ3v) is 2.61. The summed E-state index contributed by atoms with van der Waals surface area (Å²) >= 11 is 0. The molecule has 0 aliphatic carbocycles. The molecule has 0 unspecified atom stereocenters. The topological polar surface area (TPSA) is 48.4 Å². The minimum Gasteiger partial charge on any atom is -0.497 e. The van der Waals surface area contributed by atoms with E-state index in [1.165, 1.54) is 0 Å². The second-order valence-corrected chi connectivity index (χ2v) is 3.88. The van der Waals surface area contributed by atoms with Gasteiger partial charge in [0.2, 0.25) is 0 Å². The maximum atomic E-state index is 11.9. The summed E-state index contributed by atoms with van der Waals surface area (Å²) in [5.41, 5.74) is 1.27. The number of carbonyl (C=O) groups excluding carboxylic acids is 1. The number of carbonyl (C=O) groups is 1. The van der Waals surface area contributed by atoms with Crippen LogP contribution in [0.3, 0.4) is 0 Å². The van der Waals surface area contributed by atoms with E-state index in [4.69, 9.17) is 9.47 Å². The normalized spacial score (nSPS) is 10.3. The molecule has 0 N–H and O–H groups in total. The van der Waals surface area contributed by atoms with Crippen LogP contribution in [0.5, 0.6) is 5.75 Å². The van der Waals surface area contributed by atoms with E-state index in [-0.39, 0.29) is 5.97 Å². The molecule has 1 aromatic carbocycles. The summed E-state index contributed by atoms with van der Waals surface area (Å²) in [6.07, 6.45) is 2.41. The number of ether oxygens (including phenoxy) is 2. The molecule has 4 heteroatoms. The average molecular weight is 245 g/mol. The van der Waals surface area contributed by atoms with E-state index in [1.807, 2.05) is 19.1 Å². The summed E-state index contributed by atoms with van der Waals surface area (Å²) < 4.78 is 10.3. The van der Waals surface area contributed by atoms with Gasteiger partial charge in [-0.05, 0) is 30.7 Å². The lowest BCUT2D eigenvalue weighted by Crippen LogP contribution is -2.06. The third-order valence-electron chi connectivity index (χ3n) is 2.61. The van der Waals surface area contributed by atoms with Crippen LogP contribution < -0.4 is 4.74 Å². The molecule has 1 aromatic heterocycles. The first-order valence-electron chi connectivity index (χ1n) is 5.86. The molecule has 4 nitrogen and oxygen atoms in total. The highest BCUT2D eigenvalue weighted by Crippen LogP contribution is 2.22. The van der Waals surface area contributed by atoms with Crippen LogP contribution in [0.25, 0.3) is 10.9 Å². The number of fused-ring (bicyclic) bond motifs is 1. The van der Waals surface area contributed by atoms with E-state index in [1.54, 1.807) is 25.4 Å². The molecule has 94 valence electrons. The van der Waals surface area contributed by atoms with E-state index in [0.29, 0.717) is 17.9 Å². The van der Waals surface area contributed by atoms with Crippen LogP contribution in [0.2, 0.25) is 0 Å². The van der Waals surface area contributed by atoms with E-state index in [0.717, 1.165) is 17.3 Å². The van der Waals surface area contributed by atoms with Gasteiger partial charge in [-0.1, -0.05) is 6.92 Å². The number of benzene rings is 1. The number of hydrogen-bond donors (Lipinski definition) is 0. The molecule has 0 aliphatic rings. The lowest BCUT2D eigenvalue weighted by molar-refractivity contribution is 0.0507. The zero-order chi connectivity index (χ0) is 13.0. The monoisotopic (exact) mass is 245 g/mol. The molecule has 0 fully saturated rings. The Morgan fingerprint density at radius 2 is 2.17 bits per heavy atom. The zero-order valence-electron chi connectivity index (χ0n) is 10.5. The van der Waals surface area contributed by atoms with Crippen molar-refractivity contribution < 1.29 is 14.3 Å². The average Bonchev–Trinajstić information content (AvgIpc) is 2.43. The minimum atomic E-state index is -0.322. The molecule has 2 rings (SSSR count). The lowest BCUT2D eigenvalue weighted by atomic mass is 10.1. The van der Waals surface area contributed by atoms with E-state index < -0.39 is 0 Å². The number of hydrogen-bond acceptors (Lipinski definition) is 4. The van der Waals surface area contributed by atoms with Gasteiger partial charge >= 0.3 is 5.97 Å². The maximum Gasteiger partial charge on any atom is 0.338 e. The highest BCUT2D eigenvalue weighted by atomic mass is 16.5. The second-order valence-electron chi connectivity index (χ2n) is 3.88. The quantitative estimate of drug-likeness (QED) is 0.777. The van der Waals surface area contributed by atoms with Gasteiger partial charge in [0.15, 0.2) is 0 Å². The van der Waals surface area contributed by atoms with Crippen molar-refractivity contribution in [1.82, 2.24) is 4.98 Å². The molecule has 0 atom stereocenters. The molecular weight excluding hydrogens is 230 g/mol. The third kappa shape index (κ3) is 2.42. The number of esters is 1. The molecule has 0 radical (unpaired) electrons. The summed E-state index contributed by atoms with van der Waals surface area (Å²) in [5, 5.41) is 0.748. The van der Waals surface area contributed by atoms with Crippen LogP contribution in [0.1, 0.15) is 23.7 Å². The fourth-order valence-corrected chi connectivity index (χ4v) is 1.70. The van der Waals surface area contributed by atoms with Crippen molar-refractivity contribution in [3.05, 3.63) is 36.0 Å². The largest absolute Gasteiger partial charge is 0.497 e. The van der Waals surface area contributed by atoms with Crippen molar-refractivity contribution in [3.8, 4) is 5.75 Å². The van der Waals surface area contributed by atoms with Gasteiger partial charge < -0.3 is 9.47 Å². The van der Waals surface area contributed by atoms with E-state index in [2.05, 4.69) is 4.98 Å². The fourth-order valence-electron chi connectivity index (χ4n) is 1.70. The molecule has 0 bridgehead atoms. The lowest BCUT2D eigenvalue weighted by Gasteiger charge is -2.07. The number of methoxy groups -OCH3 is 1. The first-order chi connectivity index (χ1) is 8.76. The predicted molar refractivity (Wildman–Crippen MR) is 68.9 cm³/mol. The molecule has 0 saturated carbocycles. The van der Waals surface area contributed by atoms with Crippen molar-refractivity contribution in [1.29, 1.82) is 0 Å². The van der Waals surface area contributed by atoms with Crippen LogP contribution >= 0.6 is 0 Å². The van der Waals surface area contributed by atoms with E-state index in [9.17, 15) is 4.79 Å². The van der Waals surface area contributed by atoms with Gasteiger partial charge in [-0.15, -0.1) is 0 Å². The Balaban J connectivity index is 2.45. The molecule has 0 saturated heterocycles. The molecular formula is C14H15NO3. The van der Waals surface area contributed by atoms with Crippen LogP contribution in [0.4, 0.5) is 0 Å². The number of aromatic nitrogens is 1. The number of rotatable bonds is 4. The van der Waals surface area contributed by atoms with Crippen LogP contribution in [0.15, 0.2) is 30.5 Å². The van der Waals surface area contributed by atoms with Crippen molar-refractivity contribution in [2.45, 2.75) is 13.3 Å². The van der Waals surface area contributed by atoms with Crippen molar-refractivity contribution >= 4 is 16.9 Å². The molecule has 18 heavy (non-hydrogen) atoms. The van der Waals surface area contributed by atoms with Crippen LogP contribution in [0, 0.1) is 0 Å². The Hall–Kier alpha value is -2.10. The first kappa shape index (κ1) is 12.4. The summed E-state index contributed by atoms with van der Waals surface area (Å²) in [6.45, 7) is 2.38. The van der Waals surface area contributed by atoms with Crippen LogP contribution in [-0.2, 0) is 4.74 Å². The Labute approximate surface area is 106 Å².